The lowest BCUT2D eigenvalue weighted by Gasteiger charge is -2.05. The summed E-state index contributed by atoms with van der Waals surface area (Å²) in [6.45, 7) is 0.0408. The molecule has 1 aromatic heterocycles. The molecule has 0 aliphatic heterocycles. The molecular weight excluding hydrogens is 212 g/mol. The van der Waals surface area contributed by atoms with Gasteiger partial charge < -0.3 is 5.73 Å². The van der Waals surface area contributed by atoms with Gasteiger partial charge in [0.15, 0.2) is 0 Å². The van der Waals surface area contributed by atoms with E-state index in [-0.39, 0.29) is 17.3 Å². The Morgan fingerprint density at radius 1 is 1.64 bits per heavy atom. The summed E-state index contributed by atoms with van der Waals surface area (Å²) in [5.41, 5.74) is 4.96. The number of hydrogen-bond donors (Lipinski definition) is 1. The standard InChI is InChI=1S/C8H6ClF2N3/c9-5-1-4(2-12)6(3-13)14-7(5)8(10)11/h1,8H,2,12H2. The SMILES string of the molecule is N#Cc1nc(C(F)F)c(Cl)cc1CN. The van der Waals surface area contributed by atoms with E-state index in [1.54, 1.807) is 6.07 Å². The van der Waals surface area contributed by atoms with Gasteiger partial charge in [0.2, 0.25) is 0 Å². The first kappa shape index (κ1) is 10.8. The maximum Gasteiger partial charge on any atom is 0.281 e. The second-order valence-electron chi connectivity index (χ2n) is 2.48. The van der Waals surface area contributed by atoms with Gasteiger partial charge >= 0.3 is 0 Å². The maximum absolute atomic E-state index is 12.3. The molecule has 3 nitrogen and oxygen atoms in total. The van der Waals surface area contributed by atoms with Crippen molar-refractivity contribution in [2.24, 2.45) is 5.73 Å². The van der Waals surface area contributed by atoms with Crippen molar-refractivity contribution < 1.29 is 8.78 Å². The molecule has 0 amide bonds. The Hall–Kier alpha value is -1.25. The van der Waals surface area contributed by atoms with Crippen molar-refractivity contribution >= 4 is 11.6 Å². The average molecular weight is 218 g/mol. The van der Waals surface area contributed by atoms with Gasteiger partial charge in [-0.25, -0.2) is 13.8 Å². The van der Waals surface area contributed by atoms with Gasteiger partial charge in [-0.1, -0.05) is 11.6 Å². The molecular formula is C8H6ClF2N3. The van der Waals surface area contributed by atoms with Crippen LogP contribution in [0.5, 0.6) is 0 Å². The van der Waals surface area contributed by atoms with Crippen molar-refractivity contribution in [1.29, 1.82) is 5.26 Å². The number of nitrogens with two attached hydrogens (primary N) is 1. The van der Waals surface area contributed by atoms with Crippen molar-refractivity contribution in [2.45, 2.75) is 13.0 Å². The zero-order valence-electron chi connectivity index (χ0n) is 6.97. The van der Waals surface area contributed by atoms with E-state index in [1.165, 1.54) is 6.07 Å². The summed E-state index contributed by atoms with van der Waals surface area (Å²) in [5, 5.41) is 8.42. The molecule has 74 valence electrons. The molecule has 0 aliphatic rings. The van der Waals surface area contributed by atoms with Crippen LogP contribution in [-0.4, -0.2) is 4.98 Å². The molecule has 0 fully saturated rings. The number of nitrogens with zero attached hydrogens (tertiary/aromatic N) is 2. The first-order valence-electron chi connectivity index (χ1n) is 3.67. The maximum atomic E-state index is 12.3. The van der Waals surface area contributed by atoms with Gasteiger partial charge in [0.1, 0.15) is 17.5 Å². The quantitative estimate of drug-likeness (QED) is 0.824. The van der Waals surface area contributed by atoms with E-state index in [9.17, 15) is 8.78 Å². The fourth-order valence-corrected chi connectivity index (χ4v) is 1.20. The molecule has 1 aromatic rings. The fraction of sp³-hybridized carbons (Fsp3) is 0.250. The Kier molecular flexibility index (Phi) is 3.33. The lowest BCUT2D eigenvalue weighted by Crippen LogP contribution is -2.04. The number of halogens is 3. The third-order valence-corrected chi connectivity index (χ3v) is 1.92. The number of aromatic nitrogens is 1. The second kappa shape index (κ2) is 4.31. The van der Waals surface area contributed by atoms with Crippen LogP contribution in [0, 0.1) is 11.3 Å². The number of nitriles is 1. The molecule has 0 radical (unpaired) electrons. The van der Waals surface area contributed by atoms with Crippen molar-refractivity contribution in [3.63, 3.8) is 0 Å². The van der Waals surface area contributed by atoms with Crippen LogP contribution in [0.15, 0.2) is 6.07 Å². The van der Waals surface area contributed by atoms with Crippen LogP contribution in [0.3, 0.4) is 0 Å². The molecule has 2 N–H and O–H groups in total. The third-order valence-electron chi connectivity index (χ3n) is 1.61. The van der Waals surface area contributed by atoms with Gasteiger partial charge in [-0.15, -0.1) is 0 Å². The van der Waals surface area contributed by atoms with Crippen LogP contribution in [0.1, 0.15) is 23.4 Å². The monoisotopic (exact) mass is 217 g/mol. The van der Waals surface area contributed by atoms with Crippen LogP contribution in [0.4, 0.5) is 8.78 Å². The Labute approximate surface area is 84.1 Å². The Balaban J connectivity index is 3.32. The van der Waals surface area contributed by atoms with Crippen LogP contribution < -0.4 is 5.73 Å². The topological polar surface area (TPSA) is 62.7 Å². The van der Waals surface area contributed by atoms with E-state index in [0.29, 0.717) is 5.56 Å². The zero-order valence-corrected chi connectivity index (χ0v) is 7.72. The number of pyridine rings is 1. The highest BCUT2D eigenvalue weighted by Crippen LogP contribution is 2.26. The minimum atomic E-state index is -2.79. The van der Waals surface area contributed by atoms with Gasteiger partial charge in [0.25, 0.3) is 6.43 Å². The highest BCUT2D eigenvalue weighted by Gasteiger charge is 2.16. The van der Waals surface area contributed by atoms with E-state index >= 15 is 0 Å². The molecule has 0 spiro atoms. The summed E-state index contributed by atoms with van der Waals surface area (Å²) in [6.07, 6.45) is -2.79. The molecule has 0 atom stereocenters. The molecule has 0 bridgehead atoms. The molecule has 0 saturated carbocycles. The van der Waals surface area contributed by atoms with Crippen LogP contribution >= 0.6 is 11.6 Å². The highest BCUT2D eigenvalue weighted by molar-refractivity contribution is 6.31. The lowest BCUT2D eigenvalue weighted by atomic mass is 10.2. The Morgan fingerprint density at radius 2 is 2.29 bits per heavy atom. The van der Waals surface area contributed by atoms with E-state index in [2.05, 4.69) is 4.98 Å². The Morgan fingerprint density at radius 3 is 2.71 bits per heavy atom. The highest BCUT2D eigenvalue weighted by atomic mass is 35.5. The summed E-state index contributed by atoms with van der Waals surface area (Å²) in [5.74, 6) is 0. The van der Waals surface area contributed by atoms with E-state index in [1.807, 2.05) is 0 Å². The average Bonchev–Trinajstić information content (AvgIpc) is 2.16. The number of hydrogen-bond acceptors (Lipinski definition) is 3. The molecule has 0 aromatic carbocycles. The van der Waals surface area contributed by atoms with Crippen molar-refractivity contribution in [3.8, 4) is 6.07 Å². The third kappa shape index (κ3) is 1.97. The number of alkyl halides is 2. The van der Waals surface area contributed by atoms with Gasteiger partial charge in [-0.05, 0) is 6.07 Å². The smallest absolute Gasteiger partial charge is 0.281 e. The molecule has 0 saturated heterocycles. The summed E-state index contributed by atoms with van der Waals surface area (Å²) in [6, 6.07) is 2.93. The lowest BCUT2D eigenvalue weighted by molar-refractivity contribution is 0.146. The largest absolute Gasteiger partial charge is 0.326 e. The van der Waals surface area contributed by atoms with Crippen molar-refractivity contribution in [2.75, 3.05) is 0 Å². The van der Waals surface area contributed by atoms with Gasteiger partial charge in [0, 0.05) is 12.1 Å². The normalized spacial score (nSPS) is 10.3. The van der Waals surface area contributed by atoms with Crippen LogP contribution in [0.2, 0.25) is 5.02 Å². The molecule has 6 heteroatoms. The van der Waals surface area contributed by atoms with Crippen LogP contribution in [0.25, 0.3) is 0 Å². The summed E-state index contributed by atoms with van der Waals surface area (Å²) < 4.78 is 24.6. The molecule has 1 rings (SSSR count). The van der Waals surface area contributed by atoms with Gasteiger partial charge in [-0.2, -0.15) is 5.26 Å². The van der Waals surface area contributed by atoms with E-state index in [4.69, 9.17) is 22.6 Å². The number of rotatable bonds is 2. The predicted octanol–water partition coefficient (Wildman–Crippen LogP) is 2.00. The van der Waals surface area contributed by atoms with Crippen molar-refractivity contribution in [1.82, 2.24) is 4.98 Å². The Bertz CT molecular complexity index is 387. The molecule has 0 unspecified atom stereocenters. The molecule has 1 heterocycles. The minimum Gasteiger partial charge on any atom is -0.326 e. The molecule has 0 aliphatic carbocycles. The zero-order chi connectivity index (χ0) is 10.7. The van der Waals surface area contributed by atoms with E-state index < -0.39 is 12.1 Å². The van der Waals surface area contributed by atoms with E-state index in [0.717, 1.165) is 0 Å². The van der Waals surface area contributed by atoms with Crippen LogP contribution in [-0.2, 0) is 6.54 Å². The van der Waals surface area contributed by atoms with Crippen molar-refractivity contribution in [3.05, 3.63) is 28.0 Å². The fourth-order valence-electron chi connectivity index (χ4n) is 0.946. The second-order valence-corrected chi connectivity index (χ2v) is 2.89. The van der Waals surface area contributed by atoms with Gasteiger partial charge in [0.05, 0.1) is 5.02 Å². The summed E-state index contributed by atoms with van der Waals surface area (Å²) in [7, 11) is 0. The first-order chi connectivity index (χ1) is 6.60. The summed E-state index contributed by atoms with van der Waals surface area (Å²) in [4.78, 5) is 3.44. The molecule has 14 heavy (non-hydrogen) atoms. The first-order valence-corrected chi connectivity index (χ1v) is 4.05. The predicted molar refractivity (Wildman–Crippen MR) is 46.8 cm³/mol. The minimum absolute atomic E-state index is 0.0408. The summed E-state index contributed by atoms with van der Waals surface area (Å²) >= 11 is 5.52. The van der Waals surface area contributed by atoms with Gasteiger partial charge in [-0.3, -0.25) is 0 Å².